The van der Waals surface area contributed by atoms with Crippen molar-refractivity contribution >= 4 is 5.84 Å². The number of hydrogen-bond donors (Lipinski definition) is 1. The first-order valence-corrected chi connectivity index (χ1v) is 4.17. The lowest BCUT2D eigenvalue weighted by molar-refractivity contribution is 0.119. The van der Waals surface area contributed by atoms with Gasteiger partial charge in [0.25, 0.3) is 0 Å². The van der Waals surface area contributed by atoms with Gasteiger partial charge < -0.3 is 5.43 Å². The fraction of sp³-hybridized carbons (Fsp3) is 0.875. The summed E-state index contributed by atoms with van der Waals surface area (Å²) in [6, 6.07) is 0. The van der Waals surface area contributed by atoms with E-state index < -0.39 is 0 Å². The quantitative estimate of drug-likeness (QED) is 0.652. The number of rotatable bonds is 2. The zero-order chi connectivity index (χ0) is 8.48. The third-order valence-electron chi connectivity index (χ3n) is 1.85. The van der Waals surface area contributed by atoms with E-state index in [0.717, 1.165) is 18.8 Å². The first kappa shape index (κ1) is 8.53. The second-order valence-corrected chi connectivity index (χ2v) is 3.46. The summed E-state index contributed by atoms with van der Waals surface area (Å²) in [5, 5.41) is 2.17. The molecular formula is C8H17N3. The summed E-state index contributed by atoms with van der Waals surface area (Å²) in [4.78, 5) is 4.45. The highest BCUT2D eigenvalue weighted by atomic mass is 15.6. The number of aliphatic imine (C=N–C) groups is 1. The van der Waals surface area contributed by atoms with E-state index in [9.17, 15) is 0 Å². The smallest absolute Gasteiger partial charge is 0.126 e. The van der Waals surface area contributed by atoms with Gasteiger partial charge >= 0.3 is 0 Å². The highest BCUT2D eigenvalue weighted by molar-refractivity contribution is 5.80. The number of amidine groups is 1. The first-order valence-electron chi connectivity index (χ1n) is 4.17. The summed E-state index contributed by atoms with van der Waals surface area (Å²) in [6.45, 7) is 9.45. The van der Waals surface area contributed by atoms with Crippen LogP contribution in [0.25, 0.3) is 0 Å². The Balaban J connectivity index is 2.60. The van der Waals surface area contributed by atoms with E-state index in [-0.39, 0.29) is 5.66 Å². The van der Waals surface area contributed by atoms with Gasteiger partial charge in [-0.1, -0.05) is 6.92 Å². The lowest BCUT2D eigenvalue weighted by Gasteiger charge is -2.28. The molecule has 0 aromatic heterocycles. The van der Waals surface area contributed by atoms with Crippen LogP contribution in [-0.2, 0) is 0 Å². The molecule has 1 aliphatic rings. The van der Waals surface area contributed by atoms with Gasteiger partial charge in [0, 0.05) is 6.54 Å². The highest BCUT2D eigenvalue weighted by Crippen LogP contribution is 2.18. The molecule has 1 aliphatic heterocycles. The summed E-state index contributed by atoms with van der Waals surface area (Å²) in [6.07, 6.45) is 1.15. The van der Waals surface area contributed by atoms with E-state index in [1.807, 2.05) is 6.92 Å². The highest BCUT2D eigenvalue weighted by Gasteiger charge is 2.30. The normalized spacial score (nSPS) is 23.1. The summed E-state index contributed by atoms with van der Waals surface area (Å²) in [7, 11) is 0. The zero-order valence-corrected chi connectivity index (χ0v) is 7.81. The first-order chi connectivity index (χ1) is 5.06. The van der Waals surface area contributed by atoms with Crippen LogP contribution in [0.15, 0.2) is 4.99 Å². The monoisotopic (exact) mass is 155 g/mol. The van der Waals surface area contributed by atoms with Crippen molar-refractivity contribution in [2.75, 3.05) is 6.54 Å². The summed E-state index contributed by atoms with van der Waals surface area (Å²) in [5.74, 6) is 1.02. The number of nitrogens with zero attached hydrogens (tertiary/aromatic N) is 2. The van der Waals surface area contributed by atoms with Crippen LogP contribution in [0.2, 0.25) is 0 Å². The molecular weight excluding hydrogens is 138 g/mol. The molecule has 0 aromatic rings. The van der Waals surface area contributed by atoms with Crippen LogP contribution in [0.5, 0.6) is 0 Å². The molecule has 0 unspecified atom stereocenters. The van der Waals surface area contributed by atoms with Gasteiger partial charge in [0.05, 0.1) is 0 Å². The molecule has 0 radical (unpaired) electrons. The molecule has 64 valence electrons. The molecule has 11 heavy (non-hydrogen) atoms. The predicted molar refractivity (Wildman–Crippen MR) is 47.3 cm³/mol. The second-order valence-electron chi connectivity index (χ2n) is 3.46. The molecule has 0 atom stereocenters. The average Bonchev–Trinajstić information content (AvgIpc) is 2.07. The maximum atomic E-state index is 4.45. The Bertz CT molecular complexity index is 172. The van der Waals surface area contributed by atoms with E-state index >= 15 is 0 Å². The van der Waals surface area contributed by atoms with Crippen LogP contribution in [0.3, 0.4) is 0 Å². The summed E-state index contributed by atoms with van der Waals surface area (Å²) in [5.41, 5.74) is 3.17. The van der Waals surface area contributed by atoms with Gasteiger partial charge in [-0.3, -0.25) is 0 Å². The van der Waals surface area contributed by atoms with E-state index in [2.05, 4.69) is 36.2 Å². The third kappa shape index (κ3) is 1.71. The van der Waals surface area contributed by atoms with Crippen LogP contribution in [0, 0.1) is 0 Å². The minimum atomic E-state index is -0.0555. The molecule has 1 heterocycles. The van der Waals surface area contributed by atoms with Gasteiger partial charge in [-0.05, 0) is 27.2 Å². The van der Waals surface area contributed by atoms with Gasteiger partial charge in [-0.15, -0.1) is 0 Å². The SMILES string of the molecule is CCCN1NC(C)=NC1(C)C. The van der Waals surface area contributed by atoms with Crippen molar-refractivity contribution in [2.45, 2.75) is 39.8 Å². The molecule has 1 rings (SSSR count). The topological polar surface area (TPSA) is 27.6 Å². The molecule has 0 aromatic carbocycles. The molecule has 0 amide bonds. The second kappa shape index (κ2) is 2.81. The molecule has 1 N–H and O–H groups in total. The Morgan fingerprint density at radius 2 is 2.18 bits per heavy atom. The fourth-order valence-corrected chi connectivity index (χ4v) is 1.38. The minimum absolute atomic E-state index is 0.0555. The van der Waals surface area contributed by atoms with E-state index in [1.165, 1.54) is 0 Å². The molecule has 0 spiro atoms. The molecule has 0 bridgehead atoms. The Kier molecular flexibility index (Phi) is 2.18. The molecule has 3 nitrogen and oxygen atoms in total. The van der Waals surface area contributed by atoms with E-state index in [0.29, 0.717) is 0 Å². The third-order valence-corrected chi connectivity index (χ3v) is 1.85. The number of nitrogens with one attached hydrogen (secondary N) is 1. The maximum absolute atomic E-state index is 4.45. The van der Waals surface area contributed by atoms with Gasteiger partial charge in [-0.25, -0.2) is 4.99 Å². The van der Waals surface area contributed by atoms with Crippen molar-refractivity contribution in [1.82, 2.24) is 10.4 Å². The van der Waals surface area contributed by atoms with Crippen molar-refractivity contribution in [1.29, 1.82) is 0 Å². The van der Waals surface area contributed by atoms with Crippen LogP contribution in [0.4, 0.5) is 0 Å². The molecule has 0 aliphatic carbocycles. The van der Waals surface area contributed by atoms with Gasteiger partial charge in [0.15, 0.2) is 0 Å². The van der Waals surface area contributed by atoms with Crippen LogP contribution in [0.1, 0.15) is 34.1 Å². The zero-order valence-electron chi connectivity index (χ0n) is 7.81. The average molecular weight is 155 g/mol. The Morgan fingerprint density at radius 3 is 2.55 bits per heavy atom. The van der Waals surface area contributed by atoms with Crippen LogP contribution < -0.4 is 5.43 Å². The lowest BCUT2D eigenvalue weighted by atomic mass is 10.2. The van der Waals surface area contributed by atoms with Crippen molar-refractivity contribution in [3.05, 3.63) is 0 Å². The predicted octanol–water partition coefficient (Wildman–Crippen LogP) is 1.37. The minimum Gasteiger partial charge on any atom is -0.305 e. The number of hydrogen-bond acceptors (Lipinski definition) is 3. The van der Waals surface area contributed by atoms with Crippen molar-refractivity contribution in [2.24, 2.45) is 4.99 Å². The van der Waals surface area contributed by atoms with Crippen LogP contribution in [-0.4, -0.2) is 23.1 Å². The Labute approximate surface area is 68.5 Å². The van der Waals surface area contributed by atoms with E-state index in [4.69, 9.17) is 0 Å². The largest absolute Gasteiger partial charge is 0.305 e. The molecule has 0 saturated carbocycles. The maximum Gasteiger partial charge on any atom is 0.126 e. The van der Waals surface area contributed by atoms with Crippen molar-refractivity contribution in [3.8, 4) is 0 Å². The van der Waals surface area contributed by atoms with Crippen molar-refractivity contribution in [3.63, 3.8) is 0 Å². The molecule has 3 heteroatoms. The summed E-state index contributed by atoms with van der Waals surface area (Å²) >= 11 is 0. The Hall–Kier alpha value is -0.570. The van der Waals surface area contributed by atoms with Crippen LogP contribution >= 0.6 is 0 Å². The number of hydrazine groups is 1. The lowest BCUT2D eigenvalue weighted by Crippen LogP contribution is -2.46. The van der Waals surface area contributed by atoms with E-state index in [1.54, 1.807) is 0 Å². The molecule has 0 fully saturated rings. The molecule has 0 saturated heterocycles. The Morgan fingerprint density at radius 1 is 1.55 bits per heavy atom. The van der Waals surface area contributed by atoms with Crippen molar-refractivity contribution < 1.29 is 0 Å². The fourth-order valence-electron chi connectivity index (χ4n) is 1.38. The standard InChI is InChI=1S/C8H17N3/c1-5-6-11-8(3,4)9-7(2)10-11/h5-6H2,1-4H3,(H,9,10). The van der Waals surface area contributed by atoms with Gasteiger partial charge in [0.1, 0.15) is 11.5 Å². The van der Waals surface area contributed by atoms with Gasteiger partial charge in [-0.2, -0.15) is 5.01 Å². The summed E-state index contributed by atoms with van der Waals surface area (Å²) < 4.78 is 0. The van der Waals surface area contributed by atoms with Gasteiger partial charge in [0.2, 0.25) is 0 Å².